The van der Waals surface area contributed by atoms with Crippen molar-refractivity contribution >= 4 is 5.91 Å². The molecule has 4 heteroatoms. The smallest absolute Gasteiger partial charge is 0.229 e. The van der Waals surface area contributed by atoms with Gasteiger partial charge in [0.05, 0.1) is 11.5 Å². The van der Waals surface area contributed by atoms with Crippen molar-refractivity contribution in [3.63, 3.8) is 0 Å². The summed E-state index contributed by atoms with van der Waals surface area (Å²) in [6, 6.07) is 0. The van der Waals surface area contributed by atoms with Crippen molar-refractivity contribution in [1.29, 1.82) is 0 Å². The number of β-amino-alcohol motifs (C(OH)–C–C–N with tert-alkyl or cyclic N) is 1. The number of hydrogen-bond donors (Lipinski definition) is 2. The summed E-state index contributed by atoms with van der Waals surface area (Å²) >= 11 is 0. The Morgan fingerprint density at radius 2 is 2.31 bits per heavy atom. The second kappa shape index (κ2) is 3.64. The third-order valence-corrected chi connectivity index (χ3v) is 2.54. The van der Waals surface area contributed by atoms with E-state index in [-0.39, 0.29) is 12.0 Å². The van der Waals surface area contributed by atoms with E-state index in [0.717, 1.165) is 0 Å². The van der Waals surface area contributed by atoms with Crippen molar-refractivity contribution in [3.05, 3.63) is 0 Å². The van der Waals surface area contributed by atoms with Crippen LogP contribution < -0.4 is 5.73 Å². The Morgan fingerprint density at radius 3 is 2.69 bits per heavy atom. The van der Waals surface area contributed by atoms with Gasteiger partial charge in [-0.2, -0.15) is 0 Å². The maximum absolute atomic E-state index is 11.8. The lowest BCUT2D eigenvalue weighted by Crippen LogP contribution is -2.43. The SMILES string of the molecule is CC(C)(CN)C(=O)N1CC[C@H](O)C1. The molecule has 0 saturated carbocycles. The second-order valence-electron chi connectivity index (χ2n) is 4.28. The molecular formula is C9H18N2O2. The van der Waals surface area contributed by atoms with Crippen molar-refractivity contribution in [1.82, 2.24) is 4.90 Å². The van der Waals surface area contributed by atoms with Gasteiger partial charge in [0.25, 0.3) is 0 Å². The van der Waals surface area contributed by atoms with Crippen molar-refractivity contribution in [2.24, 2.45) is 11.1 Å². The van der Waals surface area contributed by atoms with E-state index in [4.69, 9.17) is 5.73 Å². The van der Waals surface area contributed by atoms with E-state index in [1.165, 1.54) is 0 Å². The molecule has 4 nitrogen and oxygen atoms in total. The largest absolute Gasteiger partial charge is 0.391 e. The van der Waals surface area contributed by atoms with Crippen molar-refractivity contribution < 1.29 is 9.90 Å². The van der Waals surface area contributed by atoms with Gasteiger partial charge >= 0.3 is 0 Å². The van der Waals surface area contributed by atoms with Crippen LogP contribution in [-0.2, 0) is 4.79 Å². The number of carbonyl (C=O) groups is 1. The first-order valence-electron chi connectivity index (χ1n) is 4.65. The highest BCUT2D eigenvalue weighted by molar-refractivity contribution is 5.82. The van der Waals surface area contributed by atoms with Gasteiger partial charge in [-0.05, 0) is 20.3 Å². The topological polar surface area (TPSA) is 66.6 Å². The fourth-order valence-electron chi connectivity index (χ4n) is 1.44. The van der Waals surface area contributed by atoms with Gasteiger partial charge in [-0.25, -0.2) is 0 Å². The molecule has 0 radical (unpaired) electrons. The third kappa shape index (κ3) is 2.19. The Bertz CT molecular complexity index is 204. The molecule has 1 aliphatic rings. The molecule has 0 spiro atoms. The predicted molar refractivity (Wildman–Crippen MR) is 50.0 cm³/mol. The van der Waals surface area contributed by atoms with Gasteiger partial charge in [0.15, 0.2) is 0 Å². The van der Waals surface area contributed by atoms with Crippen LogP contribution in [0.3, 0.4) is 0 Å². The van der Waals surface area contributed by atoms with Gasteiger partial charge in [-0.1, -0.05) is 0 Å². The summed E-state index contributed by atoms with van der Waals surface area (Å²) in [5.41, 5.74) is 5.00. The summed E-state index contributed by atoms with van der Waals surface area (Å²) < 4.78 is 0. The quantitative estimate of drug-likeness (QED) is 0.614. The third-order valence-electron chi connectivity index (χ3n) is 2.54. The van der Waals surface area contributed by atoms with E-state index in [0.29, 0.717) is 26.1 Å². The number of aliphatic hydroxyl groups is 1. The molecular weight excluding hydrogens is 168 g/mol. The monoisotopic (exact) mass is 186 g/mol. The van der Waals surface area contributed by atoms with Gasteiger partial charge < -0.3 is 15.7 Å². The number of likely N-dealkylation sites (tertiary alicyclic amines) is 1. The maximum atomic E-state index is 11.8. The number of aliphatic hydroxyl groups excluding tert-OH is 1. The molecule has 1 amide bonds. The second-order valence-corrected chi connectivity index (χ2v) is 4.28. The summed E-state index contributed by atoms with van der Waals surface area (Å²) in [6.07, 6.45) is 0.337. The fraction of sp³-hybridized carbons (Fsp3) is 0.889. The van der Waals surface area contributed by atoms with E-state index in [1.54, 1.807) is 4.90 Å². The molecule has 0 aliphatic carbocycles. The molecule has 1 saturated heterocycles. The molecule has 1 aliphatic heterocycles. The van der Waals surface area contributed by atoms with Crippen molar-refractivity contribution in [2.75, 3.05) is 19.6 Å². The lowest BCUT2D eigenvalue weighted by molar-refractivity contribution is -0.139. The number of rotatable bonds is 2. The molecule has 1 fully saturated rings. The van der Waals surface area contributed by atoms with Crippen LogP contribution in [0.4, 0.5) is 0 Å². The molecule has 13 heavy (non-hydrogen) atoms. The standard InChI is InChI=1S/C9H18N2O2/c1-9(2,6-10)8(13)11-4-3-7(12)5-11/h7,12H,3-6,10H2,1-2H3/t7-/m0/s1. The number of hydrogen-bond acceptors (Lipinski definition) is 3. The first-order valence-corrected chi connectivity index (χ1v) is 4.65. The van der Waals surface area contributed by atoms with Gasteiger partial charge in [0.2, 0.25) is 5.91 Å². The number of nitrogens with zero attached hydrogens (tertiary/aromatic N) is 1. The first kappa shape index (κ1) is 10.5. The van der Waals surface area contributed by atoms with E-state index in [9.17, 15) is 9.90 Å². The van der Waals surface area contributed by atoms with Crippen LogP contribution in [0.1, 0.15) is 20.3 Å². The van der Waals surface area contributed by atoms with Crippen LogP contribution in [-0.4, -0.2) is 41.7 Å². The van der Waals surface area contributed by atoms with E-state index < -0.39 is 5.41 Å². The Balaban J connectivity index is 2.58. The molecule has 1 heterocycles. The van der Waals surface area contributed by atoms with Crippen LogP contribution in [0.15, 0.2) is 0 Å². The predicted octanol–water partition coefficient (Wildman–Crippen LogP) is -0.435. The zero-order valence-corrected chi connectivity index (χ0v) is 8.29. The minimum absolute atomic E-state index is 0.0477. The van der Waals surface area contributed by atoms with E-state index >= 15 is 0 Å². The van der Waals surface area contributed by atoms with E-state index in [1.807, 2.05) is 13.8 Å². The van der Waals surface area contributed by atoms with Gasteiger partial charge in [0, 0.05) is 19.6 Å². The first-order chi connectivity index (χ1) is 5.97. The van der Waals surface area contributed by atoms with Gasteiger partial charge in [-0.3, -0.25) is 4.79 Å². The zero-order chi connectivity index (χ0) is 10.1. The highest BCUT2D eigenvalue weighted by Gasteiger charge is 2.34. The molecule has 76 valence electrons. The van der Waals surface area contributed by atoms with Gasteiger partial charge in [0.1, 0.15) is 0 Å². The molecule has 1 atom stereocenters. The Labute approximate surface area is 78.7 Å². The summed E-state index contributed by atoms with van der Waals surface area (Å²) in [7, 11) is 0. The molecule has 3 N–H and O–H groups in total. The van der Waals surface area contributed by atoms with Crippen LogP contribution >= 0.6 is 0 Å². The molecule has 1 rings (SSSR count). The summed E-state index contributed by atoms with van der Waals surface area (Å²) in [5, 5.41) is 9.26. The fourth-order valence-corrected chi connectivity index (χ4v) is 1.44. The lowest BCUT2D eigenvalue weighted by Gasteiger charge is -2.27. The average Bonchev–Trinajstić information content (AvgIpc) is 2.50. The molecule has 0 aromatic heterocycles. The number of nitrogens with two attached hydrogens (primary N) is 1. The van der Waals surface area contributed by atoms with Crippen LogP contribution in [0.2, 0.25) is 0 Å². The maximum Gasteiger partial charge on any atom is 0.229 e. The molecule has 0 aromatic rings. The minimum Gasteiger partial charge on any atom is -0.391 e. The average molecular weight is 186 g/mol. The van der Waals surface area contributed by atoms with Gasteiger partial charge in [-0.15, -0.1) is 0 Å². The Morgan fingerprint density at radius 1 is 1.69 bits per heavy atom. The van der Waals surface area contributed by atoms with Crippen molar-refractivity contribution in [3.8, 4) is 0 Å². The van der Waals surface area contributed by atoms with E-state index in [2.05, 4.69) is 0 Å². The Kier molecular flexibility index (Phi) is 2.93. The zero-order valence-electron chi connectivity index (χ0n) is 8.29. The summed E-state index contributed by atoms with van der Waals surface area (Å²) in [4.78, 5) is 13.5. The Hall–Kier alpha value is -0.610. The number of amides is 1. The molecule has 0 unspecified atom stereocenters. The summed E-state index contributed by atoms with van der Waals surface area (Å²) in [5.74, 6) is 0.0477. The van der Waals surface area contributed by atoms with Crippen LogP contribution in [0, 0.1) is 5.41 Å². The van der Waals surface area contributed by atoms with Crippen LogP contribution in [0.5, 0.6) is 0 Å². The highest BCUT2D eigenvalue weighted by Crippen LogP contribution is 2.20. The van der Waals surface area contributed by atoms with Crippen molar-refractivity contribution in [2.45, 2.75) is 26.4 Å². The molecule has 0 aromatic carbocycles. The normalized spacial score (nSPS) is 23.7. The highest BCUT2D eigenvalue weighted by atomic mass is 16.3. The molecule has 0 bridgehead atoms. The number of carbonyl (C=O) groups excluding carboxylic acids is 1. The minimum atomic E-state index is -0.496. The summed E-state index contributed by atoms with van der Waals surface area (Å²) in [6.45, 7) is 5.13. The van der Waals surface area contributed by atoms with Crippen LogP contribution in [0.25, 0.3) is 0 Å². The lowest BCUT2D eigenvalue weighted by atomic mass is 9.92.